The van der Waals surface area contributed by atoms with Crippen LogP contribution in [0.3, 0.4) is 0 Å². The van der Waals surface area contributed by atoms with Gasteiger partial charge in [-0.2, -0.15) is 0 Å². The van der Waals surface area contributed by atoms with Crippen LogP contribution in [0.5, 0.6) is 0 Å². The third kappa shape index (κ3) is 6.95. The molecule has 15 heteroatoms. The van der Waals surface area contributed by atoms with Gasteiger partial charge in [0.15, 0.2) is 0 Å². The number of ether oxygens (including phenoxy) is 2. The van der Waals surface area contributed by atoms with E-state index < -0.39 is 37.1 Å². The van der Waals surface area contributed by atoms with E-state index in [0.717, 1.165) is 49.2 Å². The zero-order valence-electron chi connectivity index (χ0n) is 22.7. The second-order valence-electron chi connectivity index (χ2n) is 10.9. The molecule has 0 aromatic heterocycles. The van der Waals surface area contributed by atoms with E-state index in [2.05, 4.69) is 0 Å². The molecule has 0 bridgehead atoms. The zero-order chi connectivity index (χ0) is 30.5. The van der Waals surface area contributed by atoms with Gasteiger partial charge in [0.2, 0.25) is 0 Å². The number of carbonyl (C=O) groups is 1. The van der Waals surface area contributed by atoms with Crippen molar-refractivity contribution in [3.8, 4) is 0 Å². The van der Waals surface area contributed by atoms with Crippen LogP contribution >= 0.6 is 0 Å². The lowest BCUT2D eigenvalue weighted by atomic mass is 9.79. The minimum Gasteiger partial charge on any atom is -0.427 e. The number of benzene rings is 2. The predicted octanol–water partition coefficient (Wildman–Crippen LogP) is 6.66. The van der Waals surface area contributed by atoms with Crippen LogP contribution < -0.4 is 0 Å². The standard InChI is InChI=1S/C27H30N4O11/c32-25(41-26(11-3-1-4-12-26)17-19-15-21(28(33)34)7-9-23(19)30(37)38)42-27(13-5-2-6-14-27)18-20-16-22(29(35)36)8-10-24(20)31(39)40/h7-10,15-16H,1-6,11-14,17-18H2. The van der Waals surface area contributed by atoms with E-state index in [0.29, 0.717) is 51.4 Å². The van der Waals surface area contributed by atoms with Crippen LogP contribution in [0.2, 0.25) is 0 Å². The number of carbonyl (C=O) groups excluding carboxylic acids is 1. The Morgan fingerprint density at radius 1 is 0.595 bits per heavy atom. The zero-order valence-corrected chi connectivity index (χ0v) is 22.7. The minimum absolute atomic E-state index is 0.0588. The first-order chi connectivity index (χ1) is 19.9. The molecule has 224 valence electrons. The highest BCUT2D eigenvalue weighted by Gasteiger charge is 2.43. The number of rotatable bonds is 10. The van der Waals surface area contributed by atoms with Gasteiger partial charge in [0.25, 0.3) is 22.7 Å². The molecule has 42 heavy (non-hydrogen) atoms. The fraction of sp³-hybridized carbons (Fsp3) is 0.519. The highest BCUT2D eigenvalue weighted by Crippen LogP contribution is 2.41. The summed E-state index contributed by atoms with van der Waals surface area (Å²) in [5, 5.41) is 46.1. The molecule has 2 saturated carbocycles. The monoisotopic (exact) mass is 586 g/mol. The van der Waals surface area contributed by atoms with Gasteiger partial charge in [0, 0.05) is 60.4 Å². The third-order valence-corrected chi connectivity index (χ3v) is 8.10. The number of nitro groups is 4. The van der Waals surface area contributed by atoms with Crippen LogP contribution in [0, 0.1) is 40.5 Å². The molecule has 0 atom stereocenters. The molecular formula is C27H30N4O11. The molecule has 0 N–H and O–H groups in total. The molecule has 4 rings (SSSR count). The van der Waals surface area contributed by atoms with Gasteiger partial charge in [-0.3, -0.25) is 40.5 Å². The van der Waals surface area contributed by atoms with Crippen molar-refractivity contribution < 1.29 is 34.0 Å². The Labute approximate surface area is 239 Å². The van der Waals surface area contributed by atoms with Gasteiger partial charge < -0.3 is 9.47 Å². The quantitative estimate of drug-likeness (QED) is 0.163. The highest BCUT2D eigenvalue weighted by atomic mass is 16.7. The maximum absolute atomic E-state index is 13.4. The average molecular weight is 587 g/mol. The molecular weight excluding hydrogens is 556 g/mol. The van der Waals surface area contributed by atoms with E-state index in [-0.39, 0.29) is 46.7 Å². The maximum Gasteiger partial charge on any atom is 0.509 e. The molecule has 2 aliphatic rings. The number of non-ortho nitro benzene ring substituents is 2. The first-order valence-electron chi connectivity index (χ1n) is 13.7. The van der Waals surface area contributed by atoms with E-state index in [1.807, 2.05) is 0 Å². The van der Waals surface area contributed by atoms with E-state index in [1.165, 1.54) is 0 Å². The summed E-state index contributed by atoms with van der Waals surface area (Å²) in [6, 6.07) is 6.45. The van der Waals surface area contributed by atoms with E-state index in [1.54, 1.807) is 0 Å². The molecule has 0 radical (unpaired) electrons. The van der Waals surface area contributed by atoms with Crippen LogP contribution in [0.15, 0.2) is 36.4 Å². The second kappa shape index (κ2) is 12.4. The van der Waals surface area contributed by atoms with E-state index >= 15 is 0 Å². The first kappa shape index (κ1) is 30.3. The fourth-order valence-corrected chi connectivity index (χ4v) is 6.10. The maximum atomic E-state index is 13.4. The molecule has 0 spiro atoms. The Morgan fingerprint density at radius 3 is 1.26 bits per heavy atom. The largest absolute Gasteiger partial charge is 0.509 e. The predicted molar refractivity (Wildman–Crippen MR) is 146 cm³/mol. The molecule has 2 aliphatic carbocycles. The molecule has 2 aromatic rings. The van der Waals surface area contributed by atoms with Crippen molar-refractivity contribution in [3.63, 3.8) is 0 Å². The van der Waals surface area contributed by atoms with Crippen LogP contribution in [-0.4, -0.2) is 37.1 Å². The third-order valence-electron chi connectivity index (χ3n) is 8.10. The summed E-state index contributed by atoms with van der Waals surface area (Å²) in [7, 11) is 0. The van der Waals surface area contributed by atoms with Crippen molar-refractivity contribution in [1.29, 1.82) is 0 Å². The lowest BCUT2D eigenvalue weighted by Gasteiger charge is -2.40. The summed E-state index contributed by atoms with van der Waals surface area (Å²) < 4.78 is 11.9. The van der Waals surface area contributed by atoms with Crippen molar-refractivity contribution in [2.24, 2.45) is 0 Å². The first-order valence-corrected chi connectivity index (χ1v) is 13.7. The molecule has 0 heterocycles. The van der Waals surface area contributed by atoms with Crippen molar-refractivity contribution in [3.05, 3.63) is 88.0 Å². The van der Waals surface area contributed by atoms with Crippen LogP contribution in [0.1, 0.15) is 75.3 Å². The molecule has 2 aromatic carbocycles. The van der Waals surface area contributed by atoms with Gasteiger partial charge >= 0.3 is 6.16 Å². The Kier molecular flexibility index (Phi) is 8.97. The summed E-state index contributed by atoms with van der Waals surface area (Å²) in [5.41, 5.74) is -3.64. The summed E-state index contributed by atoms with van der Waals surface area (Å²) in [6.45, 7) is 0. The SMILES string of the molecule is O=C(OC1(Cc2cc([N+](=O)[O-])ccc2[N+](=O)[O-])CCCCC1)OC1(Cc2cc([N+](=O)[O-])ccc2[N+](=O)[O-])CCCCC1. The summed E-state index contributed by atoms with van der Waals surface area (Å²) in [4.78, 5) is 57.0. The van der Waals surface area contributed by atoms with Gasteiger partial charge in [0.05, 0.1) is 19.7 Å². The van der Waals surface area contributed by atoms with Gasteiger partial charge in [-0.05, 0) is 51.4 Å². The smallest absolute Gasteiger partial charge is 0.427 e. The topological polar surface area (TPSA) is 208 Å². The second-order valence-corrected chi connectivity index (χ2v) is 10.9. The Morgan fingerprint density at radius 2 is 0.952 bits per heavy atom. The summed E-state index contributed by atoms with van der Waals surface area (Å²) in [6.07, 6.45) is 4.39. The van der Waals surface area contributed by atoms with E-state index in [9.17, 15) is 45.3 Å². The van der Waals surface area contributed by atoms with Crippen LogP contribution in [-0.2, 0) is 22.3 Å². The number of hydrogen-bond acceptors (Lipinski definition) is 11. The lowest BCUT2D eigenvalue weighted by Crippen LogP contribution is -2.44. The average Bonchev–Trinajstić information content (AvgIpc) is 2.93. The lowest BCUT2D eigenvalue weighted by molar-refractivity contribution is -0.389. The van der Waals surface area contributed by atoms with E-state index in [4.69, 9.17) is 9.47 Å². The Hall–Kier alpha value is -4.69. The molecule has 0 saturated heterocycles. The molecule has 0 amide bonds. The van der Waals surface area contributed by atoms with Gasteiger partial charge in [-0.25, -0.2) is 4.79 Å². The van der Waals surface area contributed by atoms with Crippen molar-refractivity contribution >= 4 is 28.9 Å². The van der Waals surface area contributed by atoms with Crippen molar-refractivity contribution in [2.45, 2.75) is 88.3 Å². The molecule has 15 nitrogen and oxygen atoms in total. The van der Waals surface area contributed by atoms with Gasteiger partial charge in [0.1, 0.15) is 11.2 Å². The van der Waals surface area contributed by atoms with Crippen molar-refractivity contribution in [2.75, 3.05) is 0 Å². The summed E-state index contributed by atoms with van der Waals surface area (Å²) >= 11 is 0. The number of hydrogen-bond donors (Lipinski definition) is 0. The van der Waals surface area contributed by atoms with Gasteiger partial charge in [-0.1, -0.05) is 12.8 Å². The highest BCUT2D eigenvalue weighted by molar-refractivity contribution is 5.62. The molecule has 0 aliphatic heterocycles. The Bertz CT molecular complexity index is 1290. The minimum atomic E-state index is -1.22. The normalized spacial score (nSPS) is 17.5. The Balaban J connectivity index is 1.63. The van der Waals surface area contributed by atoms with Crippen LogP contribution in [0.4, 0.5) is 27.5 Å². The number of nitro benzene ring substituents is 4. The molecule has 2 fully saturated rings. The van der Waals surface area contributed by atoms with Gasteiger partial charge in [-0.15, -0.1) is 0 Å². The summed E-state index contributed by atoms with van der Waals surface area (Å²) in [5.74, 6) is 0. The van der Waals surface area contributed by atoms with Crippen LogP contribution in [0.25, 0.3) is 0 Å². The molecule has 0 unspecified atom stereocenters. The van der Waals surface area contributed by atoms with Crippen molar-refractivity contribution in [1.82, 2.24) is 0 Å². The fourth-order valence-electron chi connectivity index (χ4n) is 6.10. The number of nitrogens with zero attached hydrogens (tertiary/aromatic N) is 4.